The zero-order valence-electron chi connectivity index (χ0n) is 13.8. The summed E-state index contributed by atoms with van der Waals surface area (Å²) in [5, 5.41) is 0.827. The molecule has 0 saturated heterocycles. The lowest BCUT2D eigenvalue weighted by Gasteiger charge is -2.10. The lowest BCUT2D eigenvalue weighted by Crippen LogP contribution is -2.23. The topological polar surface area (TPSA) is 56.1 Å². The van der Waals surface area contributed by atoms with Gasteiger partial charge in [-0.2, -0.15) is 0 Å². The van der Waals surface area contributed by atoms with Crippen LogP contribution in [0.4, 0.5) is 0 Å². The SMILES string of the molecule is CONC(=O)c1c(Cc2ccc(I)cc2C)n(C)c2ncccc12. The number of hydrogen-bond acceptors (Lipinski definition) is 3. The van der Waals surface area contributed by atoms with Gasteiger partial charge in [0.05, 0.1) is 12.7 Å². The average Bonchev–Trinajstić information content (AvgIpc) is 2.83. The Morgan fingerprint density at radius 2 is 2.17 bits per heavy atom. The molecule has 0 aliphatic heterocycles. The van der Waals surface area contributed by atoms with Gasteiger partial charge >= 0.3 is 0 Å². The summed E-state index contributed by atoms with van der Waals surface area (Å²) in [7, 11) is 3.38. The molecule has 0 aliphatic rings. The van der Waals surface area contributed by atoms with Crippen molar-refractivity contribution >= 4 is 39.5 Å². The highest BCUT2D eigenvalue weighted by molar-refractivity contribution is 14.1. The first-order chi connectivity index (χ1) is 11.5. The normalized spacial score (nSPS) is 11.0. The Balaban J connectivity index is 2.17. The van der Waals surface area contributed by atoms with Crippen LogP contribution in [-0.4, -0.2) is 22.6 Å². The molecule has 24 heavy (non-hydrogen) atoms. The fourth-order valence-electron chi connectivity index (χ4n) is 2.95. The number of carbonyl (C=O) groups is 1. The number of nitrogens with one attached hydrogen (secondary N) is 1. The highest BCUT2D eigenvalue weighted by Gasteiger charge is 2.22. The summed E-state index contributed by atoms with van der Waals surface area (Å²) in [5.41, 5.74) is 7.15. The van der Waals surface area contributed by atoms with Gasteiger partial charge in [-0.05, 0) is 64.9 Å². The predicted molar refractivity (Wildman–Crippen MR) is 102 cm³/mol. The highest BCUT2D eigenvalue weighted by atomic mass is 127. The van der Waals surface area contributed by atoms with Gasteiger partial charge < -0.3 is 4.57 Å². The largest absolute Gasteiger partial charge is 0.332 e. The van der Waals surface area contributed by atoms with Crippen molar-refractivity contribution in [3.8, 4) is 0 Å². The molecule has 0 unspecified atom stereocenters. The van der Waals surface area contributed by atoms with Crippen LogP contribution >= 0.6 is 22.6 Å². The van der Waals surface area contributed by atoms with Crippen LogP contribution in [0.2, 0.25) is 0 Å². The molecule has 124 valence electrons. The third kappa shape index (κ3) is 3.03. The van der Waals surface area contributed by atoms with E-state index in [1.165, 1.54) is 21.8 Å². The second-order valence-electron chi connectivity index (χ2n) is 5.64. The minimum Gasteiger partial charge on any atom is -0.332 e. The molecule has 0 bridgehead atoms. The predicted octanol–water partition coefficient (Wildman–Crippen LogP) is 3.37. The number of aryl methyl sites for hydroxylation is 2. The summed E-state index contributed by atoms with van der Waals surface area (Å²) >= 11 is 2.30. The summed E-state index contributed by atoms with van der Waals surface area (Å²) in [4.78, 5) is 21.8. The summed E-state index contributed by atoms with van der Waals surface area (Å²) in [6.45, 7) is 2.09. The highest BCUT2D eigenvalue weighted by Crippen LogP contribution is 2.27. The van der Waals surface area contributed by atoms with Gasteiger partial charge in [-0.15, -0.1) is 0 Å². The van der Waals surface area contributed by atoms with Crippen molar-refractivity contribution in [2.75, 3.05) is 7.11 Å². The second kappa shape index (κ2) is 6.90. The molecule has 0 saturated carbocycles. The monoisotopic (exact) mass is 435 g/mol. The number of pyridine rings is 1. The van der Waals surface area contributed by atoms with Crippen LogP contribution in [-0.2, 0) is 18.3 Å². The van der Waals surface area contributed by atoms with E-state index in [0.29, 0.717) is 12.0 Å². The van der Waals surface area contributed by atoms with Gasteiger partial charge in [-0.25, -0.2) is 10.5 Å². The minimum absolute atomic E-state index is 0.255. The van der Waals surface area contributed by atoms with Crippen molar-refractivity contribution in [2.24, 2.45) is 7.05 Å². The smallest absolute Gasteiger partial charge is 0.277 e. The van der Waals surface area contributed by atoms with E-state index >= 15 is 0 Å². The van der Waals surface area contributed by atoms with Gasteiger partial charge in [-0.3, -0.25) is 9.63 Å². The fourth-order valence-corrected chi connectivity index (χ4v) is 3.60. The number of hydroxylamine groups is 1. The lowest BCUT2D eigenvalue weighted by atomic mass is 10.0. The maximum Gasteiger partial charge on any atom is 0.277 e. The number of hydrogen-bond donors (Lipinski definition) is 1. The molecule has 0 radical (unpaired) electrons. The third-order valence-corrected chi connectivity index (χ3v) is 4.82. The zero-order valence-corrected chi connectivity index (χ0v) is 15.9. The summed E-state index contributed by atoms with van der Waals surface area (Å²) in [6.07, 6.45) is 2.39. The first-order valence-electron chi connectivity index (χ1n) is 7.53. The lowest BCUT2D eigenvalue weighted by molar-refractivity contribution is 0.0538. The van der Waals surface area contributed by atoms with E-state index in [1.54, 1.807) is 6.20 Å². The molecule has 2 aromatic heterocycles. The molecular formula is C18H18IN3O2. The van der Waals surface area contributed by atoms with Crippen LogP contribution in [0.5, 0.6) is 0 Å². The van der Waals surface area contributed by atoms with Crippen LogP contribution in [0, 0.1) is 10.5 Å². The van der Waals surface area contributed by atoms with Gasteiger partial charge in [0.25, 0.3) is 5.91 Å². The maximum atomic E-state index is 12.5. The molecule has 0 aliphatic carbocycles. The van der Waals surface area contributed by atoms with Crippen molar-refractivity contribution in [1.29, 1.82) is 0 Å². The van der Waals surface area contributed by atoms with Crippen molar-refractivity contribution in [3.63, 3.8) is 0 Å². The minimum atomic E-state index is -0.255. The molecule has 1 aromatic carbocycles. The molecule has 0 fully saturated rings. The number of carbonyl (C=O) groups excluding carboxylic acids is 1. The van der Waals surface area contributed by atoms with Crippen LogP contribution in [0.25, 0.3) is 11.0 Å². The molecular weight excluding hydrogens is 417 g/mol. The van der Waals surface area contributed by atoms with E-state index < -0.39 is 0 Å². The van der Waals surface area contributed by atoms with Crippen LogP contribution < -0.4 is 5.48 Å². The molecule has 0 spiro atoms. The number of fused-ring (bicyclic) bond motifs is 1. The second-order valence-corrected chi connectivity index (χ2v) is 6.88. The van der Waals surface area contributed by atoms with E-state index in [2.05, 4.69) is 58.2 Å². The number of amides is 1. The van der Waals surface area contributed by atoms with Gasteiger partial charge in [0.15, 0.2) is 0 Å². The van der Waals surface area contributed by atoms with E-state index in [4.69, 9.17) is 4.84 Å². The van der Waals surface area contributed by atoms with E-state index in [9.17, 15) is 4.79 Å². The van der Waals surface area contributed by atoms with Crippen LogP contribution in [0.15, 0.2) is 36.5 Å². The van der Waals surface area contributed by atoms with Gasteiger partial charge in [0.2, 0.25) is 0 Å². The Bertz CT molecular complexity index is 918. The van der Waals surface area contributed by atoms with Crippen molar-refractivity contribution in [3.05, 3.63) is 62.5 Å². The van der Waals surface area contributed by atoms with Crippen molar-refractivity contribution in [2.45, 2.75) is 13.3 Å². The molecule has 5 nitrogen and oxygen atoms in total. The Morgan fingerprint density at radius 3 is 2.88 bits per heavy atom. The molecule has 0 atom stereocenters. The molecule has 1 N–H and O–H groups in total. The van der Waals surface area contributed by atoms with E-state index in [-0.39, 0.29) is 5.91 Å². The number of nitrogens with zero attached hydrogens (tertiary/aromatic N) is 2. The van der Waals surface area contributed by atoms with E-state index in [0.717, 1.165) is 16.7 Å². The van der Waals surface area contributed by atoms with E-state index in [1.807, 2.05) is 23.7 Å². The maximum absolute atomic E-state index is 12.5. The Labute approximate surface area is 154 Å². The quantitative estimate of drug-likeness (QED) is 0.505. The van der Waals surface area contributed by atoms with Crippen LogP contribution in [0.3, 0.4) is 0 Å². The Morgan fingerprint density at radius 1 is 1.38 bits per heavy atom. The summed E-state index contributed by atoms with van der Waals surface area (Å²) in [6, 6.07) is 10.1. The number of benzene rings is 1. The standard InChI is InChI=1S/C18H18IN3O2/c1-11-9-13(19)7-6-12(11)10-15-16(18(23)21-24-3)14-5-4-8-20-17(14)22(15)2/h4-9H,10H2,1-3H3,(H,21,23). The van der Waals surface area contributed by atoms with Gasteiger partial charge in [0.1, 0.15) is 5.65 Å². The summed E-state index contributed by atoms with van der Waals surface area (Å²) in [5.74, 6) is -0.255. The number of aromatic nitrogens is 2. The molecule has 6 heteroatoms. The van der Waals surface area contributed by atoms with Crippen molar-refractivity contribution < 1.29 is 9.63 Å². The Kier molecular flexibility index (Phi) is 4.86. The number of rotatable bonds is 4. The van der Waals surface area contributed by atoms with Gasteiger partial charge in [0, 0.05) is 34.3 Å². The summed E-state index contributed by atoms with van der Waals surface area (Å²) < 4.78 is 3.18. The van der Waals surface area contributed by atoms with Crippen LogP contribution in [0.1, 0.15) is 27.2 Å². The molecule has 3 aromatic rings. The third-order valence-electron chi connectivity index (χ3n) is 4.15. The molecule has 2 heterocycles. The Hall–Kier alpha value is -1.93. The molecule has 1 amide bonds. The van der Waals surface area contributed by atoms with Crippen molar-refractivity contribution in [1.82, 2.24) is 15.0 Å². The van der Waals surface area contributed by atoms with Gasteiger partial charge in [-0.1, -0.05) is 6.07 Å². The first-order valence-corrected chi connectivity index (χ1v) is 8.61. The number of halogens is 1. The fraction of sp³-hybridized carbons (Fsp3) is 0.222. The molecule has 3 rings (SSSR count). The first kappa shape index (κ1) is 16.9. The zero-order chi connectivity index (χ0) is 17.3. The average molecular weight is 435 g/mol.